The van der Waals surface area contributed by atoms with E-state index in [1.165, 1.54) is 7.11 Å². The Morgan fingerprint density at radius 3 is 2.46 bits per heavy atom. The van der Waals surface area contributed by atoms with Gasteiger partial charge in [0.2, 0.25) is 0 Å². The molecule has 1 aliphatic rings. The fourth-order valence-corrected chi connectivity index (χ4v) is 2.64. The summed E-state index contributed by atoms with van der Waals surface area (Å²) < 4.78 is 20.8. The van der Waals surface area contributed by atoms with E-state index in [9.17, 15) is 14.4 Å². The number of benzene rings is 1. The van der Waals surface area contributed by atoms with Crippen LogP contribution in [0.25, 0.3) is 0 Å². The van der Waals surface area contributed by atoms with Gasteiger partial charge in [0, 0.05) is 0 Å². The second-order valence-corrected chi connectivity index (χ2v) is 5.77. The first-order valence-corrected chi connectivity index (χ1v) is 8.89. The number of carbonyl (C=O) groups excluding carboxylic acids is 3. The van der Waals surface area contributed by atoms with Crippen LogP contribution in [0.5, 0.6) is 11.5 Å². The first-order chi connectivity index (χ1) is 13.5. The van der Waals surface area contributed by atoms with E-state index >= 15 is 0 Å². The topological polar surface area (TPSA) is 112 Å². The molecule has 152 valence electrons. The fourth-order valence-electron chi connectivity index (χ4n) is 2.64. The minimum absolute atomic E-state index is 0.187. The lowest BCUT2D eigenvalue weighted by molar-refractivity contribution is -0.145. The van der Waals surface area contributed by atoms with Crippen molar-refractivity contribution in [1.82, 2.24) is 10.6 Å². The van der Waals surface area contributed by atoms with Crippen molar-refractivity contribution in [2.45, 2.75) is 26.3 Å². The fraction of sp³-hybridized carbons (Fsp3) is 0.421. The minimum atomic E-state index is -0.664. The van der Waals surface area contributed by atoms with E-state index in [0.29, 0.717) is 17.9 Å². The SMILES string of the molecule is CCOC(=O)C1=C(COC(=O)COc2ccccc2OC)NC(=O)N[C@@H]1CC. The number of para-hydroxylation sites is 2. The van der Waals surface area contributed by atoms with Crippen LogP contribution in [0.1, 0.15) is 20.3 Å². The summed E-state index contributed by atoms with van der Waals surface area (Å²) in [5.41, 5.74) is 0.432. The summed E-state index contributed by atoms with van der Waals surface area (Å²) >= 11 is 0. The number of amides is 2. The number of rotatable bonds is 9. The van der Waals surface area contributed by atoms with Crippen molar-refractivity contribution in [3.63, 3.8) is 0 Å². The average Bonchev–Trinajstić information content (AvgIpc) is 2.70. The van der Waals surface area contributed by atoms with Crippen LogP contribution in [0, 0.1) is 0 Å². The molecular formula is C19H24N2O7. The molecule has 2 N–H and O–H groups in total. The number of nitrogens with one attached hydrogen (secondary N) is 2. The van der Waals surface area contributed by atoms with Crippen LogP contribution in [-0.2, 0) is 19.1 Å². The Morgan fingerprint density at radius 2 is 1.82 bits per heavy atom. The van der Waals surface area contributed by atoms with Crippen LogP contribution < -0.4 is 20.1 Å². The van der Waals surface area contributed by atoms with Gasteiger partial charge in [-0.3, -0.25) is 0 Å². The van der Waals surface area contributed by atoms with Crippen LogP contribution in [-0.4, -0.2) is 50.9 Å². The van der Waals surface area contributed by atoms with Crippen LogP contribution in [0.15, 0.2) is 35.5 Å². The molecule has 0 spiro atoms. The Labute approximate surface area is 163 Å². The lowest BCUT2D eigenvalue weighted by Gasteiger charge is -2.28. The van der Waals surface area contributed by atoms with Crippen molar-refractivity contribution < 1.29 is 33.3 Å². The van der Waals surface area contributed by atoms with Gasteiger partial charge in [0.05, 0.1) is 31.0 Å². The van der Waals surface area contributed by atoms with E-state index in [1.54, 1.807) is 31.2 Å². The Morgan fingerprint density at radius 1 is 1.11 bits per heavy atom. The number of carbonyl (C=O) groups is 3. The highest BCUT2D eigenvalue weighted by molar-refractivity contribution is 5.94. The molecule has 1 atom stereocenters. The maximum Gasteiger partial charge on any atom is 0.344 e. The lowest BCUT2D eigenvalue weighted by Crippen LogP contribution is -2.51. The molecule has 1 heterocycles. The summed E-state index contributed by atoms with van der Waals surface area (Å²) in [7, 11) is 1.49. The van der Waals surface area contributed by atoms with E-state index in [-0.39, 0.29) is 31.1 Å². The second-order valence-electron chi connectivity index (χ2n) is 5.77. The third-order valence-electron chi connectivity index (χ3n) is 3.94. The first kappa shape index (κ1) is 21.1. The Kier molecular flexibility index (Phi) is 7.67. The highest BCUT2D eigenvalue weighted by Gasteiger charge is 2.32. The zero-order valence-corrected chi connectivity index (χ0v) is 16.1. The monoisotopic (exact) mass is 392 g/mol. The lowest BCUT2D eigenvalue weighted by atomic mass is 10.0. The number of methoxy groups -OCH3 is 1. The molecule has 28 heavy (non-hydrogen) atoms. The number of urea groups is 1. The zero-order chi connectivity index (χ0) is 20.5. The molecule has 0 unspecified atom stereocenters. The van der Waals surface area contributed by atoms with Crippen molar-refractivity contribution >= 4 is 18.0 Å². The molecule has 1 aliphatic heterocycles. The molecule has 0 fully saturated rings. The third kappa shape index (κ3) is 5.38. The molecule has 0 saturated heterocycles. The Bertz CT molecular complexity index is 760. The molecule has 0 radical (unpaired) electrons. The zero-order valence-electron chi connectivity index (χ0n) is 16.1. The predicted molar refractivity (Wildman–Crippen MR) is 98.9 cm³/mol. The standard InChI is InChI=1S/C19H24N2O7/c1-4-12-17(18(23)26-5-2)13(21-19(24)20-12)10-28-16(22)11-27-15-9-7-6-8-14(15)25-3/h6-9,12H,4-5,10-11H2,1-3H3,(H2,20,21,24)/t12-/m1/s1. The van der Waals surface area contributed by atoms with Gasteiger partial charge in [-0.1, -0.05) is 19.1 Å². The summed E-state index contributed by atoms with van der Waals surface area (Å²) in [5, 5.41) is 5.15. The van der Waals surface area contributed by atoms with Gasteiger partial charge >= 0.3 is 18.0 Å². The normalized spacial score (nSPS) is 16.0. The van der Waals surface area contributed by atoms with E-state index < -0.39 is 24.0 Å². The molecule has 1 aromatic carbocycles. The molecule has 2 rings (SSSR count). The summed E-state index contributed by atoms with van der Waals surface area (Å²) in [6.45, 7) is 3.05. The van der Waals surface area contributed by atoms with Gasteiger partial charge in [-0.25, -0.2) is 14.4 Å². The van der Waals surface area contributed by atoms with E-state index in [1.807, 2.05) is 6.92 Å². The van der Waals surface area contributed by atoms with Gasteiger partial charge < -0.3 is 29.6 Å². The number of ether oxygens (including phenoxy) is 4. The summed E-state index contributed by atoms with van der Waals surface area (Å²) in [6.07, 6.45) is 0.482. The average molecular weight is 392 g/mol. The van der Waals surface area contributed by atoms with Crippen molar-refractivity contribution in [2.24, 2.45) is 0 Å². The molecule has 9 heteroatoms. The van der Waals surface area contributed by atoms with Crippen LogP contribution in [0.4, 0.5) is 4.79 Å². The molecule has 0 bridgehead atoms. The van der Waals surface area contributed by atoms with Crippen LogP contribution in [0.2, 0.25) is 0 Å². The number of hydrogen-bond acceptors (Lipinski definition) is 7. The summed E-state index contributed by atoms with van der Waals surface area (Å²) in [6, 6.07) is 5.88. The molecule has 0 aromatic heterocycles. The third-order valence-corrected chi connectivity index (χ3v) is 3.94. The Hall–Kier alpha value is -3.23. The summed E-state index contributed by atoms with van der Waals surface area (Å²) in [5.74, 6) is -0.353. The molecule has 9 nitrogen and oxygen atoms in total. The van der Waals surface area contributed by atoms with Crippen molar-refractivity contribution in [1.29, 1.82) is 0 Å². The van der Waals surface area contributed by atoms with Crippen molar-refractivity contribution in [2.75, 3.05) is 26.9 Å². The van der Waals surface area contributed by atoms with Gasteiger partial charge in [-0.15, -0.1) is 0 Å². The summed E-state index contributed by atoms with van der Waals surface area (Å²) in [4.78, 5) is 36.1. The maximum absolute atomic E-state index is 12.3. The second kappa shape index (κ2) is 10.2. The maximum atomic E-state index is 12.3. The van der Waals surface area contributed by atoms with Gasteiger partial charge in [0.15, 0.2) is 18.1 Å². The van der Waals surface area contributed by atoms with E-state index in [2.05, 4.69) is 10.6 Å². The number of esters is 2. The van der Waals surface area contributed by atoms with E-state index in [4.69, 9.17) is 18.9 Å². The van der Waals surface area contributed by atoms with Crippen molar-refractivity contribution in [3.05, 3.63) is 35.5 Å². The van der Waals surface area contributed by atoms with Gasteiger partial charge in [0.25, 0.3) is 0 Å². The van der Waals surface area contributed by atoms with E-state index in [0.717, 1.165) is 0 Å². The smallest absolute Gasteiger partial charge is 0.344 e. The van der Waals surface area contributed by atoms with Crippen LogP contribution in [0.3, 0.4) is 0 Å². The first-order valence-electron chi connectivity index (χ1n) is 8.89. The molecular weight excluding hydrogens is 368 g/mol. The van der Waals surface area contributed by atoms with Gasteiger partial charge in [0.1, 0.15) is 6.61 Å². The van der Waals surface area contributed by atoms with Crippen molar-refractivity contribution in [3.8, 4) is 11.5 Å². The largest absolute Gasteiger partial charge is 0.493 e. The number of hydrogen-bond donors (Lipinski definition) is 2. The molecule has 0 aliphatic carbocycles. The molecule has 2 amide bonds. The highest BCUT2D eigenvalue weighted by atomic mass is 16.6. The molecule has 0 saturated carbocycles. The predicted octanol–water partition coefficient (Wildman–Crippen LogP) is 1.53. The van der Waals surface area contributed by atoms with Gasteiger partial charge in [-0.2, -0.15) is 0 Å². The van der Waals surface area contributed by atoms with Crippen LogP contribution >= 0.6 is 0 Å². The molecule has 1 aromatic rings. The quantitative estimate of drug-likeness (QED) is 0.613. The van der Waals surface area contributed by atoms with Gasteiger partial charge in [-0.05, 0) is 25.5 Å². The Balaban J connectivity index is 2.03. The minimum Gasteiger partial charge on any atom is -0.493 e. The highest BCUT2D eigenvalue weighted by Crippen LogP contribution is 2.25.